The number of nitrogens with zero attached hydrogens (tertiary/aromatic N) is 1. The fourth-order valence-electron chi connectivity index (χ4n) is 1.53. The molecule has 106 valence electrons. The van der Waals surface area contributed by atoms with Crippen LogP contribution in [0.3, 0.4) is 0 Å². The number of nitrogens with one attached hydrogen (secondary N) is 2. The normalized spacial score (nSPS) is 11.6. The minimum absolute atomic E-state index is 0.251. The Hall–Kier alpha value is -2.07. The predicted molar refractivity (Wildman–Crippen MR) is 77.3 cm³/mol. The lowest BCUT2D eigenvalue weighted by Crippen LogP contribution is -2.46. The summed E-state index contributed by atoms with van der Waals surface area (Å²) in [5, 5.41) is 22.8. The highest BCUT2D eigenvalue weighted by Gasteiger charge is 2.23. The first-order valence-corrected chi connectivity index (χ1v) is 6.64. The molecule has 0 bridgehead atoms. The Morgan fingerprint density at radius 1 is 1.40 bits per heavy atom. The van der Waals surface area contributed by atoms with Crippen LogP contribution >= 0.6 is 15.9 Å². The van der Waals surface area contributed by atoms with Gasteiger partial charge in [0.2, 0.25) is 0 Å². The predicted octanol–water partition coefficient (Wildman–Crippen LogP) is 2.55. The van der Waals surface area contributed by atoms with E-state index in [1.807, 2.05) is 6.07 Å². The largest absolute Gasteiger partial charge is 0.480 e. The van der Waals surface area contributed by atoms with E-state index in [0.29, 0.717) is 10.2 Å². The Morgan fingerprint density at radius 3 is 2.55 bits per heavy atom. The summed E-state index contributed by atoms with van der Waals surface area (Å²) in [4.78, 5) is 22.8. The number of carboxylic acid groups (broad SMARTS) is 1. The minimum atomic E-state index is -1.11. The molecule has 0 spiro atoms. The maximum atomic E-state index is 11.8. The highest BCUT2D eigenvalue weighted by molar-refractivity contribution is 9.10. The molecular formula is C13H14BrN3O3. The smallest absolute Gasteiger partial charge is 0.326 e. The molecule has 7 heteroatoms. The van der Waals surface area contributed by atoms with E-state index in [1.165, 1.54) is 0 Å². The van der Waals surface area contributed by atoms with E-state index in [1.54, 1.807) is 32.0 Å². The number of aliphatic carboxylic acids is 1. The molecule has 2 amide bonds. The fourth-order valence-corrected chi connectivity index (χ4v) is 1.89. The second-order valence-electron chi connectivity index (χ2n) is 4.46. The van der Waals surface area contributed by atoms with Crippen molar-refractivity contribution in [3.05, 3.63) is 28.2 Å². The molecule has 1 aromatic carbocycles. The molecule has 1 rings (SSSR count). The van der Waals surface area contributed by atoms with Crippen LogP contribution in [-0.4, -0.2) is 23.1 Å². The molecule has 0 aromatic heterocycles. The third-order valence-electron chi connectivity index (χ3n) is 2.57. The van der Waals surface area contributed by atoms with Gasteiger partial charge in [0.1, 0.15) is 12.1 Å². The molecule has 0 aliphatic rings. The Bertz CT molecular complexity index is 566. The van der Waals surface area contributed by atoms with E-state index in [4.69, 9.17) is 10.4 Å². The second kappa shape index (κ2) is 6.91. The van der Waals surface area contributed by atoms with Crippen LogP contribution in [0, 0.1) is 17.2 Å². The molecule has 0 saturated carbocycles. The quantitative estimate of drug-likeness (QED) is 0.784. The van der Waals surface area contributed by atoms with E-state index < -0.39 is 18.0 Å². The van der Waals surface area contributed by atoms with E-state index in [9.17, 15) is 9.59 Å². The summed E-state index contributed by atoms with van der Waals surface area (Å²) in [5.74, 6) is -1.36. The highest BCUT2D eigenvalue weighted by Crippen LogP contribution is 2.20. The molecular weight excluding hydrogens is 326 g/mol. The van der Waals surface area contributed by atoms with Gasteiger partial charge in [-0.3, -0.25) is 0 Å². The van der Waals surface area contributed by atoms with Crippen molar-refractivity contribution in [1.29, 1.82) is 5.26 Å². The van der Waals surface area contributed by atoms with Crippen LogP contribution in [0.25, 0.3) is 0 Å². The van der Waals surface area contributed by atoms with Gasteiger partial charge in [0, 0.05) is 4.47 Å². The lowest BCUT2D eigenvalue weighted by atomic mass is 10.1. The number of benzene rings is 1. The summed E-state index contributed by atoms with van der Waals surface area (Å²) in [6.07, 6.45) is 0. The number of anilines is 1. The Balaban J connectivity index is 2.81. The van der Waals surface area contributed by atoms with E-state index >= 15 is 0 Å². The number of carbonyl (C=O) groups excluding carboxylic acids is 1. The molecule has 1 aromatic rings. The van der Waals surface area contributed by atoms with Gasteiger partial charge < -0.3 is 15.7 Å². The van der Waals surface area contributed by atoms with Crippen molar-refractivity contribution in [3.63, 3.8) is 0 Å². The number of nitriles is 1. The van der Waals surface area contributed by atoms with Gasteiger partial charge in [0.25, 0.3) is 0 Å². The van der Waals surface area contributed by atoms with Crippen molar-refractivity contribution in [2.75, 3.05) is 5.32 Å². The maximum absolute atomic E-state index is 11.8. The van der Waals surface area contributed by atoms with Crippen molar-refractivity contribution in [2.45, 2.75) is 19.9 Å². The number of carbonyl (C=O) groups is 2. The van der Waals surface area contributed by atoms with Gasteiger partial charge in [0.05, 0.1) is 11.3 Å². The van der Waals surface area contributed by atoms with Gasteiger partial charge in [-0.1, -0.05) is 29.8 Å². The summed E-state index contributed by atoms with van der Waals surface area (Å²) < 4.78 is 0.714. The molecule has 1 unspecified atom stereocenters. The average Bonchev–Trinajstić information content (AvgIpc) is 2.37. The zero-order valence-electron chi connectivity index (χ0n) is 11.0. The second-order valence-corrected chi connectivity index (χ2v) is 5.38. The molecule has 1 atom stereocenters. The van der Waals surface area contributed by atoms with Crippen LogP contribution in [0.4, 0.5) is 10.5 Å². The maximum Gasteiger partial charge on any atom is 0.326 e. The van der Waals surface area contributed by atoms with Crippen LogP contribution in [0.5, 0.6) is 0 Å². The number of halogens is 1. The zero-order valence-corrected chi connectivity index (χ0v) is 12.6. The Labute approximate surface area is 124 Å². The van der Waals surface area contributed by atoms with Gasteiger partial charge in [-0.05, 0) is 24.1 Å². The lowest BCUT2D eigenvalue weighted by Gasteiger charge is -2.18. The molecule has 0 saturated heterocycles. The molecule has 0 aliphatic carbocycles. The first kappa shape index (κ1) is 16.0. The Morgan fingerprint density at radius 2 is 2.05 bits per heavy atom. The average molecular weight is 340 g/mol. The van der Waals surface area contributed by atoms with Crippen molar-refractivity contribution in [3.8, 4) is 6.07 Å². The van der Waals surface area contributed by atoms with Crippen LogP contribution in [0.1, 0.15) is 19.4 Å². The van der Waals surface area contributed by atoms with Gasteiger partial charge in [-0.2, -0.15) is 5.26 Å². The molecule has 6 nitrogen and oxygen atoms in total. The topological polar surface area (TPSA) is 102 Å². The van der Waals surface area contributed by atoms with E-state index in [0.717, 1.165) is 0 Å². The summed E-state index contributed by atoms with van der Waals surface area (Å²) in [7, 11) is 0. The number of rotatable bonds is 4. The number of hydrogen-bond donors (Lipinski definition) is 3. The number of carboxylic acids is 1. The zero-order chi connectivity index (χ0) is 15.3. The standard InChI is InChI=1S/C13H14BrN3O3/c1-7(2)11(12(18)19)17-13(20)16-10-4-3-9(14)5-8(10)6-15/h3-5,7,11H,1-2H3,(H,18,19)(H2,16,17,20). The summed E-state index contributed by atoms with van der Waals surface area (Å²) in [5.41, 5.74) is 0.604. The van der Waals surface area contributed by atoms with Gasteiger partial charge in [0.15, 0.2) is 0 Å². The summed E-state index contributed by atoms with van der Waals surface area (Å²) in [6.45, 7) is 3.39. The molecule has 3 N–H and O–H groups in total. The number of hydrogen-bond acceptors (Lipinski definition) is 3. The SMILES string of the molecule is CC(C)C(NC(=O)Nc1ccc(Br)cc1C#N)C(=O)O. The Kier molecular flexibility index (Phi) is 5.53. The number of amides is 2. The van der Waals surface area contributed by atoms with Crippen molar-refractivity contribution >= 4 is 33.6 Å². The fraction of sp³-hybridized carbons (Fsp3) is 0.308. The minimum Gasteiger partial charge on any atom is -0.480 e. The molecule has 0 heterocycles. The lowest BCUT2D eigenvalue weighted by molar-refractivity contribution is -0.140. The van der Waals surface area contributed by atoms with Crippen LogP contribution < -0.4 is 10.6 Å². The van der Waals surface area contributed by atoms with Crippen molar-refractivity contribution in [1.82, 2.24) is 5.32 Å². The summed E-state index contributed by atoms with van der Waals surface area (Å²) >= 11 is 3.22. The number of urea groups is 1. The van der Waals surface area contributed by atoms with Gasteiger partial charge >= 0.3 is 12.0 Å². The van der Waals surface area contributed by atoms with Crippen molar-refractivity contribution < 1.29 is 14.7 Å². The molecule has 20 heavy (non-hydrogen) atoms. The third-order valence-corrected chi connectivity index (χ3v) is 3.06. The molecule has 0 radical (unpaired) electrons. The van der Waals surface area contributed by atoms with Crippen LogP contribution in [0.15, 0.2) is 22.7 Å². The molecule has 0 aliphatic heterocycles. The molecule has 0 fully saturated rings. The first-order chi connectivity index (χ1) is 9.35. The van der Waals surface area contributed by atoms with Gasteiger partial charge in [-0.25, -0.2) is 9.59 Å². The highest BCUT2D eigenvalue weighted by atomic mass is 79.9. The monoisotopic (exact) mass is 339 g/mol. The van der Waals surface area contributed by atoms with Crippen LogP contribution in [0.2, 0.25) is 0 Å². The summed E-state index contributed by atoms with van der Waals surface area (Å²) in [6, 6.07) is 5.10. The first-order valence-electron chi connectivity index (χ1n) is 5.85. The van der Waals surface area contributed by atoms with E-state index in [2.05, 4.69) is 26.6 Å². The van der Waals surface area contributed by atoms with Crippen LogP contribution in [-0.2, 0) is 4.79 Å². The van der Waals surface area contributed by atoms with Gasteiger partial charge in [-0.15, -0.1) is 0 Å². The van der Waals surface area contributed by atoms with Crippen molar-refractivity contribution in [2.24, 2.45) is 5.92 Å². The van der Waals surface area contributed by atoms with E-state index in [-0.39, 0.29) is 11.5 Å². The third kappa shape index (κ3) is 4.24.